The second kappa shape index (κ2) is 3.53. The van der Waals surface area contributed by atoms with Gasteiger partial charge in [0, 0.05) is 29.7 Å². The number of aromatic amines is 1. The molecule has 2 heterocycles. The number of nitrogens with one attached hydrogen (secondary N) is 1. The third-order valence-corrected chi connectivity index (χ3v) is 3.34. The Hall–Kier alpha value is -1.94. The van der Waals surface area contributed by atoms with Crippen molar-refractivity contribution in [3.8, 4) is 11.3 Å². The number of benzene rings is 1. The van der Waals surface area contributed by atoms with E-state index in [0.717, 1.165) is 16.5 Å². The number of hydrogen-bond acceptors (Lipinski definition) is 2. The summed E-state index contributed by atoms with van der Waals surface area (Å²) in [6.45, 7) is 0. The number of fused-ring (bicyclic) bond motifs is 1. The minimum Gasteiger partial charge on any atom is -0.369 e. The Labute approximate surface area is 103 Å². The molecular weight excluding hydrogens is 236 g/mol. The molecule has 0 amide bonds. The number of hydrogen-bond donors (Lipinski definition) is 2. The number of halogens is 1. The van der Waals surface area contributed by atoms with E-state index in [1.54, 1.807) is 11.6 Å². The van der Waals surface area contributed by atoms with Crippen LogP contribution >= 0.6 is 11.6 Å². The molecule has 0 radical (unpaired) electrons. The fourth-order valence-electron chi connectivity index (χ4n) is 1.93. The summed E-state index contributed by atoms with van der Waals surface area (Å²) in [6, 6.07) is 8.01. The van der Waals surface area contributed by atoms with Crippen LogP contribution in [-0.2, 0) is 7.05 Å². The Bertz CT molecular complexity index is 696. The molecule has 0 spiro atoms. The molecule has 0 saturated heterocycles. The van der Waals surface area contributed by atoms with Crippen molar-refractivity contribution in [3.63, 3.8) is 0 Å². The van der Waals surface area contributed by atoms with Crippen LogP contribution in [0.4, 0.5) is 5.95 Å². The molecule has 0 saturated carbocycles. The van der Waals surface area contributed by atoms with Gasteiger partial charge in [0.05, 0.1) is 0 Å². The smallest absolute Gasteiger partial charge is 0.201 e. The van der Waals surface area contributed by atoms with Crippen molar-refractivity contribution in [2.75, 3.05) is 5.73 Å². The van der Waals surface area contributed by atoms with Crippen molar-refractivity contribution in [2.24, 2.45) is 7.05 Å². The molecule has 2 aromatic heterocycles. The fourth-order valence-corrected chi connectivity index (χ4v) is 2.16. The maximum absolute atomic E-state index is 6.21. The van der Waals surface area contributed by atoms with Crippen molar-refractivity contribution in [2.45, 2.75) is 0 Å². The van der Waals surface area contributed by atoms with Crippen molar-refractivity contribution in [1.29, 1.82) is 0 Å². The zero-order chi connectivity index (χ0) is 12.0. The van der Waals surface area contributed by atoms with Crippen LogP contribution in [0.15, 0.2) is 30.5 Å². The highest BCUT2D eigenvalue weighted by Crippen LogP contribution is 2.33. The maximum atomic E-state index is 6.21. The van der Waals surface area contributed by atoms with Gasteiger partial charge < -0.3 is 15.3 Å². The molecule has 86 valence electrons. The molecule has 1 aromatic carbocycles. The number of rotatable bonds is 1. The molecule has 3 rings (SSSR count). The largest absolute Gasteiger partial charge is 0.369 e. The summed E-state index contributed by atoms with van der Waals surface area (Å²) in [6.07, 6.45) is 1.90. The molecule has 0 aliphatic carbocycles. The highest BCUT2D eigenvalue weighted by Gasteiger charge is 2.15. The number of anilines is 1. The summed E-state index contributed by atoms with van der Waals surface area (Å²) in [5, 5.41) is 1.64. The highest BCUT2D eigenvalue weighted by molar-refractivity contribution is 6.32. The van der Waals surface area contributed by atoms with Crippen molar-refractivity contribution < 1.29 is 0 Å². The third-order valence-electron chi connectivity index (χ3n) is 2.90. The van der Waals surface area contributed by atoms with Crippen LogP contribution in [0.1, 0.15) is 0 Å². The van der Waals surface area contributed by atoms with E-state index < -0.39 is 0 Å². The number of H-pyrrole nitrogens is 1. The lowest BCUT2D eigenvalue weighted by Gasteiger charge is -1.96. The minimum atomic E-state index is 0.412. The third kappa shape index (κ3) is 1.41. The zero-order valence-corrected chi connectivity index (χ0v) is 9.99. The van der Waals surface area contributed by atoms with E-state index in [-0.39, 0.29) is 0 Å². The Morgan fingerprint density at radius 1 is 1.35 bits per heavy atom. The van der Waals surface area contributed by atoms with Crippen LogP contribution in [0.2, 0.25) is 5.15 Å². The Balaban J connectivity index is 2.31. The molecule has 0 atom stereocenters. The lowest BCUT2D eigenvalue weighted by Crippen LogP contribution is -1.96. The van der Waals surface area contributed by atoms with E-state index in [1.807, 2.05) is 30.5 Å². The van der Waals surface area contributed by atoms with E-state index in [1.165, 1.54) is 0 Å². The van der Waals surface area contributed by atoms with Crippen LogP contribution < -0.4 is 5.73 Å². The first-order chi connectivity index (χ1) is 8.18. The van der Waals surface area contributed by atoms with Gasteiger partial charge in [0.25, 0.3) is 0 Å². The van der Waals surface area contributed by atoms with E-state index in [4.69, 9.17) is 17.3 Å². The first-order valence-corrected chi connectivity index (χ1v) is 5.60. The second-order valence-corrected chi connectivity index (χ2v) is 4.27. The topological polar surface area (TPSA) is 59.6 Å². The standard InChI is InChI=1S/C12H11ClN4/c1-17-11(13)10(16-12(17)14)8-6-15-9-5-3-2-4-7(8)9/h2-6,15H,1H3,(H2,14,16). The number of nitrogens with zero attached hydrogens (tertiary/aromatic N) is 2. The first-order valence-electron chi connectivity index (χ1n) is 5.22. The SMILES string of the molecule is Cn1c(N)nc(-c2c[nH]c3ccccc23)c1Cl. The quantitative estimate of drug-likeness (QED) is 0.694. The molecule has 0 fully saturated rings. The number of aromatic nitrogens is 3. The van der Waals surface area contributed by atoms with E-state index >= 15 is 0 Å². The summed E-state index contributed by atoms with van der Waals surface area (Å²) in [5.74, 6) is 0.412. The number of imidazole rings is 1. The van der Waals surface area contributed by atoms with Crippen molar-refractivity contribution in [3.05, 3.63) is 35.6 Å². The van der Waals surface area contributed by atoms with E-state index in [0.29, 0.717) is 16.8 Å². The lowest BCUT2D eigenvalue weighted by atomic mass is 10.1. The van der Waals surface area contributed by atoms with Gasteiger partial charge in [-0.2, -0.15) is 0 Å². The second-order valence-electron chi connectivity index (χ2n) is 3.92. The zero-order valence-electron chi connectivity index (χ0n) is 9.24. The summed E-state index contributed by atoms with van der Waals surface area (Å²) in [4.78, 5) is 7.49. The molecule has 4 nitrogen and oxygen atoms in total. The fraction of sp³-hybridized carbons (Fsp3) is 0.0833. The Morgan fingerprint density at radius 3 is 2.82 bits per heavy atom. The van der Waals surface area contributed by atoms with Gasteiger partial charge in [0.2, 0.25) is 5.95 Å². The van der Waals surface area contributed by atoms with Gasteiger partial charge >= 0.3 is 0 Å². The van der Waals surface area contributed by atoms with Crippen molar-refractivity contribution >= 4 is 28.5 Å². The lowest BCUT2D eigenvalue weighted by molar-refractivity contribution is 0.931. The average Bonchev–Trinajstić information content (AvgIpc) is 2.86. The number of para-hydroxylation sites is 1. The predicted octanol–water partition coefficient (Wildman–Crippen LogP) is 2.80. The average molecular weight is 247 g/mol. The van der Waals surface area contributed by atoms with Crippen LogP contribution in [0, 0.1) is 0 Å². The highest BCUT2D eigenvalue weighted by atomic mass is 35.5. The molecule has 17 heavy (non-hydrogen) atoms. The molecular formula is C12H11ClN4. The van der Waals surface area contributed by atoms with Gasteiger partial charge in [-0.3, -0.25) is 0 Å². The van der Waals surface area contributed by atoms with Gasteiger partial charge in [-0.25, -0.2) is 4.98 Å². The van der Waals surface area contributed by atoms with Gasteiger partial charge in [0.15, 0.2) is 0 Å². The number of nitrogen functional groups attached to an aromatic ring is 1. The minimum absolute atomic E-state index is 0.412. The predicted molar refractivity (Wildman–Crippen MR) is 69.9 cm³/mol. The Morgan fingerprint density at radius 2 is 2.12 bits per heavy atom. The van der Waals surface area contributed by atoms with Crippen LogP contribution in [0.3, 0.4) is 0 Å². The van der Waals surface area contributed by atoms with Crippen LogP contribution in [-0.4, -0.2) is 14.5 Å². The summed E-state index contributed by atoms with van der Waals surface area (Å²) < 4.78 is 1.67. The maximum Gasteiger partial charge on any atom is 0.201 e. The molecule has 0 aliphatic heterocycles. The monoisotopic (exact) mass is 246 g/mol. The molecule has 0 aliphatic rings. The molecule has 3 aromatic rings. The Kier molecular flexibility index (Phi) is 2.12. The van der Waals surface area contributed by atoms with Crippen molar-refractivity contribution in [1.82, 2.24) is 14.5 Å². The first kappa shape index (κ1) is 10.2. The molecule has 5 heteroatoms. The van der Waals surface area contributed by atoms with Gasteiger partial charge in [-0.15, -0.1) is 0 Å². The molecule has 0 unspecified atom stereocenters. The summed E-state index contributed by atoms with van der Waals surface area (Å²) in [5.41, 5.74) is 8.49. The van der Waals surface area contributed by atoms with E-state index in [9.17, 15) is 0 Å². The molecule has 0 bridgehead atoms. The van der Waals surface area contributed by atoms with Gasteiger partial charge in [-0.1, -0.05) is 29.8 Å². The molecule has 3 N–H and O–H groups in total. The van der Waals surface area contributed by atoms with Crippen LogP contribution in [0.5, 0.6) is 0 Å². The van der Waals surface area contributed by atoms with Gasteiger partial charge in [0.1, 0.15) is 10.8 Å². The van der Waals surface area contributed by atoms with Crippen LogP contribution in [0.25, 0.3) is 22.2 Å². The van der Waals surface area contributed by atoms with Gasteiger partial charge in [-0.05, 0) is 6.07 Å². The number of nitrogens with two attached hydrogens (primary N) is 1. The summed E-state index contributed by atoms with van der Waals surface area (Å²) >= 11 is 6.21. The summed E-state index contributed by atoms with van der Waals surface area (Å²) in [7, 11) is 1.79. The normalized spacial score (nSPS) is 11.2. The van der Waals surface area contributed by atoms with E-state index in [2.05, 4.69) is 9.97 Å².